The third-order valence-electron chi connectivity index (χ3n) is 2.68. The first-order valence-corrected chi connectivity index (χ1v) is 6.71. The van der Waals surface area contributed by atoms with Gasteiger partial charge in [-0.3, -0.25) is 0 Å². The number of allylic oxidation sites excluding steroid dienone is 1. The minimum absolute atomic E-state index is 0.468. The smallest absolute Gasteiger partial charge is 0.0595 e. The molecule has 1 aromatic rings. The van der Waals surface area contributed by atoms with Gasteiger partial charge in [-0.05, 0) is 43.5 Å². The van der Waals surface area contributed by atoms with Crippen LogP contribution in [-0.2, 0) is 6.42 Å². The number of nitrogens with one attached hydrogen (secondary N) is 1. The second kappa shape index (κ2) is 7.75. The van der Waals surface area contributed by atoms with Crippen LogP contribution in [0.15, 0.2) is 30.9 Å². The average molecular weight is 272 g/mol. The standard InChI is InChI=1S/C14H19Cl2N/c1-3-5-6-12(17-4-2)9-11-7-8-13(15)14(16)10-11/h3,7-8,10,12,17H,1,4-6,9H2,2H3. The molecule has 1 unspecified atom stereocenters. The van der Waals surface area contributed by atoms with Crippen molar-refractivity contribution >= 4 is 23.2 Å². The van der Waals surface area contributed by atoms with Gasteiger partial charge in [-0.1, -0.05) is 42.3 Å². The molecule has 0 aliphatic heterocycles. The summed E-state index contributed by atoms with van der Waals surface area (Å²) < 4.78 is 0. The third-order valence-corrected chi connectivity index (χ3v) is 3.42. The van der Waals surface area contributed by atoms with Crippen molar-refractivity contribution in [1.82, 2.24) is 5.32 Å². The monoisotopic (exact) mass is 271 g/mol. The van der Waals surface area contributed by atoms with Gasteiger partial charge in [0.15, 0.2) is 0 Å². The van der Waals surface area contributed by atoms with Gasteiger partial charge in [0, 0.05) is 6.04 Å². The van der Waals surface area contributed by atoms with Gasteiger partial charge in [-0.15, -0.1) is 6.58 Å². The van der Waals surface area contributed by atoms with Crippen molar-refractivity contribution < 1.29 is 0 Å². The van der Waals surface area contributed by atoms with Crippen LogP contribution in [-0.4, -0.2) is 12.6 Å². The number of hydrogen-bond donors (Lipinski definition) is 1. The maximum Gasteiger partial charge on any atom is 0.0595 e. The van der Waals surface area contributed by atoms with Crippen LogP contribution in [0.4, 0.5) is 0 Å². The zero-order valence-corrected chi connectivity index (χ0v) is 11.7. The molecule has 0 spiro atoms. The van der Waals surface area contributed by atoms with Crippen molar-refractivity contribution in [2.45, 2.75) is 32.2 Å². The fourth-order valence-corrected chi connectivity index (χ4v) is 2.16. The first-order valence-electron chi connectivity index (χ1n) is 5.95. The molecule has 1 N–H and O–H groups in total. The van der Waals surface area contributed by atoms with E-state index in [1.165, 1.54) is 5.56 Å². The largest absolute Gasteiger partial charge is 0.314 e. The van der Waals surface area contributed by atoms with E-state index >= 15 is 0 Å². The van der Waals surface area contributed by atoms with E-state index < -0.39 is 0 Å². The Labute approximate surface area is 114 Å². The van der Waals surface area contributed by atoms with Gasteiger partial charge in [0.1, 0.15) is 0 Å². The van der Waals surface area contributed by atoms with Gasteiger partial charge in [0.05, 0.1) is 10.0 Å². The Morgan fingerprint density at radius 3 is 2.71 bits per heavy atom. The highest BCUT2D eigenvalue weighted by molar-refractivity contribution is 6.42. The van der Waals surface area contributed by atoms with Gasteiger partial charge in [-0.25, -0.2) is 0 Å². The summed E-state index contributed by atoms with van der Waals surface area (Å²) in [6.45, 7) is 6.86. The quantitative estimate of drug-likeness (QED) is 0.721. The minimum atomic E-state index is 0.468. The van der Waals surface area contributed by atoms with Crippen LogP contribution in [0.25, 0.3) is 0 Å². The molecular weight excluding hydrogens is 253 g/mol. The summed E-state index contributed by atoms with van der Waals surface area (Å²) in [5, 5.41) is 4.72. The second-order valence-corrected chi connectivity index (χ2v) is 4.89. The number of likely N-dealkylation sites (N-methyl/N-ethyl adjacent to an activating group) is 1. The molecule has 0 saturated heterocycles. The lowest BCUT2D eigenvalue weighted by molar-refractivity contribution is 0.495. The van der Waals surface area contributed by atoms with Crippen LogP contribution in [0.5, 0.6) is 0 Å². The van der Waals surface area contributed by atoms with Gasteiger partial charge in [0.25, 0.3) is 0 Å². The van der Waals surface area contributed by atoms with E-state index in [4.69, 9.17) is 23.2 Å². The zero-order chi connectivity index (χ0) is 12.7. The Hall–Kier alpha value is -0.500. The van der Waals surface area contributed by atoms with Crippen LogP contribution in [0.1, 0.15) is 25.3 Å². The normalized spacial score (nSPS) is 12.4. The van der Waals surface area contributed by atoms with Crippen LogP contribution in [0, 0.1) is 0 Å². The molecule has 0 aliphatic rings. The molecule has 1 nitrogen and oxygen atoms in total. The molecule has 0 saturated carbocycles. The molecule has 0 amide bonds. The van der Waals surface area contributed by atoms with Crippen LogP contribution >= 0.6 is 23.2 Å². The predicted octanol–water partition coefficient (Wildman–Crippen LogP) is 4.48. The lowest BCUT2D eigenvalue weighted by Crippen LogP contribution is -2.30. The molecule has 17 heavy (non-hydrogen) atoms. The maximum absolute atomic E-state index is 6.01. The summed E-state index contributed by atoms with van der Waals surface area (Å²) in [7, 11) is 0. The molecule has 0 fully saturated rings. The van der Waals surface area contributed by atoms with Crippen molar-refractivity contribution in [2.75, 3.05) is 6.54 Å². The van der Waals surface area contributed by atoms with Crippen molar-refractivity contribution in [2.24, 2.45) is 0 Å². The van der Waals surface area contributed by atoms with Gasteiger partial charge in [0.2, 0.25) is 0 Å². The summed E-state index contributed by atoms with van der Waals surface area (Å²) in [6, 6.07) is 6.31. The molecule has 1 rings (SSSR count). The number of benzene rings is 1. The number of hydrogen-bond acceptors (Lipinski definition) is 1. The van der Waals surface area contributed by atoms with Gasteiger partial charge < -0.3 is 5.32 Å². The Balaban J connectivity index is 2.64. The molecule has 3 heteroatoms. The Bertz CT molecular complexity index is 363. The predicted molar refractivity (Wildman–Crippen MR) is 77.1 cm³/mol. The molecular formula is C14H19Cl2N. The Kier molecular flexibility index (Phi) is 6.64. The topological polar surface area (TPSA) is 12.0 Å². The van der Waals surface area contributed by atoms with Crippen molar-refractivity contribution in [3.8, 4) is 0 Å². The molecule has 1 atom stereocenters. The molecule has 94 valence electrons. The summed E-state index contributed by atoms with van der Waals surface area (Å²) >= 11 is 11.9. The summed E-state index contributed by atoms with van der Waals surface area (Å²) in [6.07, 6.45) is 5.05. The molecule has 0 bridgehead atoms. The average Bonchev–Trinajstić information content (AvgIpc) is 2.31. The van der Waals surface area contributed by atoms with Crippen LogP contribution in [0.2, 0.25) is 10.0 Å². The van der Waals surface area contributed by atoms with E-state index in [2.05, 4.69) is 18.8 Å². The van der Waals surface area contributed by atoms with Gasteiger partial charge >= 0.3 is 0 Å². The lowest BCUT2D eigenvalue weighted by Gasteiger charge is -2.17. The van der Waals surface area contributed by atoms with E-state index in [-0.39, 0.29) is 0 Å². The van der Waals surface area contributed by atoms with Crippen LogP contribution < -0.4 is 5.32 Å². The molecule has 1 aromatic carbocycles. The van der Waals surface area contributed by atoms with E-state index in [1.807, 2.05) is 24.3 Å². The van der Waals surface area contributed by atoms with E-state index in [0.717, 1.165) is 25.8 Å². The second-order valence-electron chi connectivity index (χ2n) is 4.07. The fraction of sp³-hybridized carbons (Fsp3) is 0.429. The summed E-state index contributed by atoms with van der Waals surface area (Å²) in [5.41, 5.74) is 1.22. The van der Waals surface area contributed by atoms with E-state index in [0.29, 0.717) is 16.1 Å². The molecule has 0 aromatic heterocycles. The first kappa shape index (κ1) is 14.6. The highest BCUT2D eigenvalue weighted by Gasteiger charge is 2.08. The lowest BCUT2D eigenvalue weighted by atomic mass is 10.0. The molecule has 0 heterocycles. The number of rotatable bonds is 7. The minimum Gasteiger partial charge on any atom is -0.314 e. The summed E-state index contributed by atoms with van der Waals surface area (Å²) in [5.74, 6) is 0. The Morgan fingerprint density at radius 2 is 2.12 bits per heavy atom. The van der Waals surface area contributed by atoms with Gasteiger partial charge in [-0.2, -0.15) is 0 Å². The first-order chi connectivity index (χ1) is 8.17. The number of halogens is 2. The van der Waals surface area contributed by atoms with Crippen molar-refractivity contribution in [1.29, 1.82) is 0 Å². The zero-order valence-electron chi connectivity index (χ0n) is 10.2. The molecule has 0 aliphatic carbocycles. The SMILES string of the molecule is C=CCCC(Cc1ccc(Cl)c(Cl)c1)NCC. The fourth-order valence-electron chi connectivity index (χ4n) is 1.84. The highest BCUT2D eigenvalue weighted by Crippen LogP contribution is 2.23. The third kappa shape index (κ3) is 5.12. The summed E-state index contributed by atoms with van der Waals surface area (Å²) in [4.78, 5) is 0. The maximum atomic E-state index is 6.01. The van der Waals surface area contributed by atoms with Crippen molar-refractivity contribution in [3.63, 3.8) is 0 Å². The van der Waals surface area contributed by atoms with Crippen molar-refractivity contribution in [3.05, 3.63) is 46.5 Å². The van der Waals surface area contributed by atoms with E-state index in [9.17, 15) is 0 Å². The molecule has 0 radical (unpaired) electrons. The highest BCUT2D eigenvalue weighted by atomic mass is 35.5. The van der Waals surface area contributed by atoms with E-state index in [1.54, 1.807) is 0 Å². The van der Waals surface area contributed by atoms with Crippen LogP contribution in [0.3, 0.4) is 0 Å². The Morgan fingerprint density at radius 1 is 1.35 bits per heavy atom.